The summed E-state index contributed by atoms with van der Waals surface area (Å²) in [4.78, 5) is 23.7. The number of nitrogens with zero attached hydrogens (tertiary/aromatic N) is 2. The minimum Gasteiger partial charge on any atom is -0.353 e. The molecule has 0 saturated heterocycles. The second kappa shape index (κ2) is 8.06. The quantitative estimate of drug-likeness (QED) is 0.356. The first-order chi connectivity index (χ1) is 9.49. The molecule has 0 radical (unpaired) electrons. The average Bonchev–Trinajstić information content (AvgIpc) is 2.41. The van der Waals surface area contributed by atoms with Crippen molar-refractivity contribution in [2.45, 2.75) is 6.42 Å². The van der Waals surface area contributed by atoms with Gasteiger partial charge in [-0.2, -0.15) is 0 Å². The van der Waals surface area contributed by atoms with Crippen LogP contribution in [0.3, 0.4) is 0 Å². The SMILES string of the molecule is CN(C)CCCNC(=O)/C=C/c1cccc([N+](=O)[O-])c1. The molecule has 1 aromatic rings. The number of nitro benzene ring substituents is 1. The molecule has 1 aromatic carbocycles. The zero-order valence-corrected chi connectivity index (χ0v) is 11.7. The zero-order valence-electron chi connectivity index (χ0n) is 11.7. The van der Waals surface area contributed by atoms with Crippen LogP contribution in [0.15, 0.2) is 30.3 Å². The highest BCUT2D eigenvalue weighted by Crippen LogP contribution is 2.13. The lowest BCUT2D eigenvalue weighted by atomic mass is 10.2. The van der Waals surface area contributed by atoms with Crippen molar-refractivity contribution in [3.8, 4) is 0 Å². The maximum atomic E-state index is 11.5. The molecule has 0 heterocycles. The van der Waals surface area contributed by atoms with Gasteiger partial charge >= 0.3 is 0 Å². The van der Waals surface area contributed by atoms with E-state index in [9.17, 15) is 14.9 Å². The summed E-state index contributed by atoms with van der Waals surface area (Å²) in [6.45, 7) is 1.52. The number of carbonyl (C=O) groups is 1. The molecule has 0 unspecified atom stereocenters. The number of carbonyl (C=O) groups excluding carboxylic acids is 1. The third kappa shape index (κ3) is 6.10. The first kappa shape index (κ1) is 15.8. The second-order valence-corrected chi connectivity index (χ2v) is 4.63. The predicted molar refractivity (Wildman–Crippen MR) is 78.3 cm³/mol. The highest BCUT2D eigenvalue weighted by Gasteiger charge is 2.04. The molecule has 6 heteroatoms. The third-order valence-corrected chi connectivity index (χ3v) is 2.59. The van der Waals surface area contributed by atoms with E-state index >= 15 is 0 Å². The van der Waals surface area contributed by atoms with Gasteiger partial charge in [0.25, 0.3) is 5.69 Å². The lowest BCUT2D eigenvalue weighted by molar-refractivity contribution is -0.384. The van der Waals surface area contributed by atoms with Gasteiger partial charge in [0.1, 0.15) is 0 Å². The Kier molecular flexibility index (Phi) is 6.39. The van der Waals surface area contributed by atoms with Gasteiger partial charge in [-0.15, -0.1) is 0 Å². The van der Waals surface area contributed by atoms with Crippen LogP contribution >= 0.6 is 0 Å². The Hall–Kier alpha value is -2.21. The van der Waals surface area contributed by atoms with Crippen molar-refractivity contribution in [1.29, 1.82) is 0 Å². The first-order valence-corrected chi connectivity index (χ1v) is 6.34. The molecule has 0 saturated carbocycles. The van der Waals surface area contributed by atoms with Gasteiger partial charge in [0.15, 0.2) is 0 Å². The summed E-state index contributed by atoms with van der Waals surface area (Å²) < 4.78 is 0. The summed E-state index contributed by atoms with van der Waals surface area (Å²) >= 11 is 0. The Balaban J connectivity index is 2.45. The van der Waals surface area contributed by atoms with Crippen LogP contribution < -0.4 is 5.32 Å². The van der Waals surface area contributed by atoms with Crippen LogP contribution in [0.25, 0.3) is 6.08 Å². The maximum absolute atomic E-state index is 11.5. The number of benzene rings is 1. The van der Waals surface area contributed by atoms with Crippen molar-refractivity contribution in [2.24, 2.45) is 0 Å². The van der Waals surface area contributed by atoms with Gasteiger partial charge < -0.3 is 10.2 Å². The lowest BCUT2D eigenvalue weighted by Gasteiger charge is -2.08. The summed E-state index contributed by atoms with van der Waals surface area (Å²) in [6.07, 6.45) is 3.83. The van der Waals surface area contributed by atoms with Crippen molar-refractivity contribution in [3.05, 3.63) is 46.0 Å². The van der Waals surface area contributed by atoms with Crippen LogP contribution in [0.5, 0.6) is 0 Å². The lowest BCUT2D eigenvalue weighted by Crippen LogP contribution is -2.25. The summed E-state index contributed by atoms with van der Waals surface area (Å²) in [6, 6.07) is 6.14. The fourth-order valence-electron chi connectivity index (χ4n) is 1.58. The van der Waals surface area contributed by atoms with E-state index in [2.05, 4.69) is 5.32 Å². The Morgan fingerprint density at radius 2 is 2.20 bits per heavy atom. The summed E-state index contributed by atoms with van der Waals surface area (Å²) in [7, 11) is 3.95. The molecule has 1 rings (SSSR count). The molecule has 0 spiro atoms. The molecule has 20 heavy (non-hydrogen) atoms. The molecule has 0 fully saturated rings. The van der Waals surface area contributed by atoms with Gasteiger partial charge in [-0.25, -0.2) is 0 Å². The molecule has 108 valence electrons. The normalized spacial score (nSPS) is 10.9. The second-order valence-electron chi connectivity index (χ2n) is 4.63. The van der Waals surface area contributed by atoms with Gasteiger partial charge in [0.2, 0.25) is 5.91 Å². The van der Waals surface area contributed by atoms with E-state index in [0.29, 0.717) is 12.1 Å². The first-order valence-electron chi connectivity index (χ1n) is 6.34. The Morgan fingerprint density at radius 3 is 2.85 bits per heavy atom. The minimum absolute atomic E-state index is 0.0125. The van der Waals surface area contributed by atoms with Gasteiger partial charge in [-0.05, 0) is 38.7 Å². The largest absolute Gasteiger partial charge is 0.353 e. The van der Waals surface area contributed by atoms with Gasteiger partial charge in [0, 0.05) is 24.8 Å². The number of rotatable bonds is 7. The number of hydrogen-bond donors (Lipinski definition) is 1. The van der Waals surface area contributed by atoms with Gasteiger partial charge in [-0.3, -0.25) is 14.9 Å². The zero-order chi connectivity index (χ0) is 15.0. The third-order valence-electron chi connectivity index (χ3n) is 2.59. The molecular formula is C14H19N3O3. The van der Waals surface area contributed by atoms with E-state index in [1.807, 2.05) is 19.0 Å². The topological polar surface area (TPSA) is 75.5 Å². The van der Waals surface area contributed by atoms with E-state index in [0.717, 1.165) is 13.0 Å². The summed E-state index contributed by atoms with van der Waals surface area (Å²) in [5.41, 5.74) is 0.640. The number of hydrogen-bond acceptors (Lipinski definition) is 4. The predicted octanol–water partition coefficient (Wildman–Crippen LogP) is 1.68. The highest BCUT2D eigenvalue weighted by atomic mass is 16.6. The maximum Gasteiger partial charge on any atom is 0.270 e. The van der Waals surface area contributed by atoms with E-state index in [-0.39, 0.29) is 11.6 Å². The Bertz CT molecular complexity index is 498. The van der Waals surface area contributed by atoms with E-state index in [4.69, 9.17) is 0 Å². The fourth-order valence-corrected chi connectivity index (χ4v) is 1.58. The van der Waals surface area contributed by atoms with Crippen LogP contribution in [0.1, 0.15) is 12.0 Å². The Morgan fingerprint density at radius 1 is 1.45 bits per heavy atom. The van der Waals surface area contributed by atoms with Crippen LogP contribution in [0.2, 0.25) is 0 Å². The number of nitrogens with one attached hydrogen (secondary N) is 1. The van der Waals surface area contributed by atoms with Crippen LogP contribution in [-0.4, -0.2) is 42.9 Å². The average molecular weight is 277 g/mol. The molecule has 0 aliphatic carbocycles. The van der Waals surface area contributed by atoms with E-state index < -0.39 is 4.92 Å². The minimum atomic E-state index is -0.460. The van der Waals surface area contributed by atoms with E-state index in [1.165, 1.54) is 18.2 Å². The van der Waals surface area contributed by atoms with Gasteiger partial charge in [0.05, 0.1) is 4.92 Å². The fraction of sp³-hybridized carbons (Fsp3) is 0.357. The molecule has 0 aromatic heterocycles. The summed E-state index contributed by atoms with van der Waals surface area (Å²) in [5, 5.41) is 13.4. The molecule has 6 nitrogen and oxygen atoms in total. The molecule has 0 aliphatic heterocycles. The van der Waals surface area contributed by atoms with Crippen molar-refractivity contribution in [1.82, 2.24) is 10.2 Å². The molecule has 1 amide bonds. The molecule has 0 bridgehead atoms. The van der Waals surface area contributed by atoms with Crippen molar-refractivity contribution >= 4 is 17.7 Å². The van der Waals surface area contributed by atoms with Crippen LogP contribution in [0.4, 0.5) is 5.69 Å². The van der Waals surface area contributed by atoms with Gasteiger partial charge in [-0.1, -0.05) is 12.1 Å². The standard InChI is InChI=1S/C14H19N3O3/c1-16(2)10-4-9-15-14(18)8-7-12-5-3-6-13(11-12)17(19)20/h3,5-8,11H,4,9-10H2,1-2H3,(H,15,18)/b8-7+. The smallest absolute Gasteiger partial charge is 0.270 e. The number of amides is 1. The number of nitro groups is 1. The van der Waals surface area contributed by atoms with Crippen molar-refractivity contribution in [3.63, 3.8) is 0 Å². The van der Waals surface area contributed by atoms with Crippen LogP contribution in [0, 0.1) is 10.1 Å². The molecular weight excluding hydrogens is 258 g/mol. The molecule has 0 aliphatic rings. The highest BCUT2D eigenvalue weighted by molar-refractivity contribution is 5.91. The number of non-ortho nitro benzene ring substituents is 1. The van der Waals surface area contributed by atoms with E-state index in [1.54, 1.807) is 18.2 Å². The molecule has 0 atom stereocenters. The molecule has 1 N–H and O–H groups in total. The van der Waals surface area contributed by atoms with Crippen LogP contribution in [-0.2, 0) is 4.79 Å². The Labute approximate surface area is 118 Å². The monoisotopic (exact) mass is 277 g/mol. The van der Waals surface area contributed by atoms with Crippen molar-refractivity contribution < 1.29 is 9.72 Å². The summed E-state index contributed by atoms with van der Waals surface area (Å²) in [5.74, 6) is -0.199. The van der Waals surface area contributed by atoms with Crippen molar-refractivity contribution in [2.75, 3.05) is 27.2 Å².